The van der Waals surface area contributed by atoms with E-state index in [1.807, 2.05) is 6.08 Å². The van der Waals surface area contributed by atoms with Crippen molar-refractivity contribution < 1.29 is 0 Å². The molecule has 0 spiro atoms. The average molecular weight is 178 g/mol. The first-order chi connectivity index (χ1) is 6.08. The number of hydrogen-bond acceptors (Lipinski definition) is 0. The summed E-state index contributed by atoms with van der Waals surface area (Å²) < 4.78 is 0. The van der Waals surface area contributed by atoms with Crippen LogP contribution in [0.25, 0.3) is 0 Å². The Hall–Kier alpha value is -1.00. The van der Waals surface area contributed by atoms with Crippen LogP contribution in [-0.2, 0) is 0 Å². The van der Waals surface area contributed by atoms with Gasteiger partial charge >= 0.3 is 0 Å². The van der Waals surface area contributed by atoms with Crippen LogP contribution in [0, 0.1) is 5.92 Å². The van der Waals surface area contributed by atoms with E-state index in [0.29, 0.717) is 5.92 Å². The zero-order chi connectivity index (χ0) is 10.7. The highest BCUT2D eigenvalue weighted by molar-refractivity contribution is 4.88. The standard InChI is InChI=1S/C10H18.C3H4/c1-5-10(4)8-6-7-9(2)3;1-3-2/h5,10H,1-2,6-8H2,3-4H3;1-2H2. The zero-order valence-electron chi connectivity index (χ0n) is 9.10. The van der Waals surface area contributed by atoms with Crippen LogP contribution in [0.1, 0.15) is 33.1 Å². The minimum Gasteiger partial charge on any atom is -0.137 e. The van der Waals surface area contributed by atoms with Gasteiger partial charge in [-0.05, 0) is 32.1 Å². The van der Waals surface area contributed by atoms with Crippen LogP contribution < -0.4 is 0 Å². The maximum atomic E-state index is 3.85. The topological polar surface area (TPSA) is 0 Å². The fraction of sp³-hybridized carbons (Fsp3) is 0.462. The second-order valence-electron chi connectivity index (χ2n) is 3.31. The fourth-order valence-electron chi connectivity index (χ4n) is 0.844. The molecule has 0 radical (unpaired) electrons. The molecule has 0 bridgehead atoms. The molecule has 0 N–H and O–H groups in total. The van der Waals surface area contributed by atoms with E-state index in [1.165, 1.54) is 18.4 Å². The molecule has 0 aromatic heterocycles. The summed E-state index contributed by atoms with van der Waals surface area (Å²) in [5, 5.41) is 0. The molecule has 0 amide bonds. The molecule has 0 nitrogen and oxygen atoms in total. The Labute approximate surface area is 83.4 Å². The van der Waals surface area contributed by atoms with Gasteiger partial charge in [0.1, 0.15) is 0 Å². The molecule has 0 saturated carbocycles. The lowest BCUT2D eigenvalue weighted by atomic mass is 10.0. The van der Waals surface area contributed by atoms with E-state index in [9.17, 15) is 0 Å². The van der Waals surface area contributed by atoms with Crippen molar-refractivity contribution >= 4 is 0 Å². The Morgan fingerprint density at radius 2 is 1.92 bits per heavy atom. The quantitative estimate of drug-likeness (QED) is 0.429. The Bertz CT molecular complexity index is 168. The van der Waals surface area contributed by atoms with Gasteiger partial charge in [0.15, 0.2) is 0 Å². The largest absolute Gasteiger partial charge is 0.137 e. The smallest absolute Gasteiger partial charge is 0.0265 e. The average Bonchev–Trinajstić information content (AvgIpc) is 2.05. The van der Waals surface area contributed by atoms with Crippen molar-refractivity contribution in [3.05, 3.63) is 43.7 Å². The van der Waals surface area contributed by atoms with E-state index >= 15 is 0 Å². The predicted molar refractivity (Wildman–Crippen MR) is 62.8 cm³/mol. The van der Waals surface area contributed by atoms with E-state index in [-0.39, 0.29) is 0 Å². The second kappa shape index (κ2) is 11.0. The van der Waals surface area contributed by atoms with E-state index in [0.717, 1.165) is 6.42 Å². The lowest BCUT2D eigenvalue weighted by Crippen LogP contribution is -1.88. The van der Waals surface area contributed by atoms with Crippen LogP contribution in [0.5, 0.6) is 0 Å². The molecule has 0 aliphatic rings. The summed E-state index contributed by atoms with van der Waals surface area (Å²) in [6.07, 6.45) is 5.68. The van der Waals surface area contributed by atoms with Crippen molar-refractivity contribution in [2.75, 3.05) is 0 Å². The molecule has 0 aromatic rings. The van der Waals surface area contributed by atoms with E-state index in [4.69, 9.17) is 0 Å². The summed E-state index contributed by atoms with van der Waals surface area (Å²) in [6, 6.07) is 0. The molecule has 0 rings (SSSR count). The highest BCUT2D eigenvalue weighted by Crippen LogP contribution is 2.11. The number of allylic oxidation sites excluding steroid dienone is 2. The third-order valence-electron chi connectivity index (χ3n) is 1.67. The molecule has 1 unspecified atom stereocenters. The van der Waals surface area contributed by atoms with Gasteiger partial charge in [-0.25, -0.2) is 0 Å². The minimum atomic E-state index is 0.666. The first-order valence-electron chi connectivity index (χ1n) is 4.64. The van der Waals surface area contributed by atoms with Gasteiger partial charge in [0.2, 0.25) is 0 Å². The molecular formula is C13H22. The zero-order valence-corrected chi connectivity index (χ0v) is 9.10. The molecule has 0 aliphatic heterocycles. The summed E-state index contributed by atoms with van der Waals surface area (Å²) in [5.41, 5.74) is 3.54. The first kappa shape index (κ1) is 14.5. The van der Waals surface area contributed by atoms with Gasteiger partial charge in [0.05, 0.1) is 0 Å². The summed E-state index contributed by atoms with van der Waals surface area (Å²) in [5.74, 6) is 0.666. The Morgan fingerprint density at radius 1 is 1.46 bits per heavy atom. The van der Waals surface area contributed by atoms with Gasteiger partial charge in [0.25, 0.3) is 0 Å². The van der Waals surface area contributed by atoms with E-state index < -0.39 is 0 Å². The van der Waals surface area contributed by atoms with Gasteiger partial charge in [-0.2, -0.15) is 0 Å². The lowest BCUT2D eigenvalue weighted by Gasteiger charge is -2.03. The molecule has 0 aliphatic carbocycles. The molecule has 74 valence electrons. The fourth-order valence-corrected chi connectivity index (χ4v) is 0.844. The molecular weight excluding hydrogens is 156 g/mol. The number of rotatable bonds is 5. The first-order valence-corrected chi connectivity index (χ1v) is 4.64. The molecule has 0 aromatic carbocycles. The molecule has 0 saturated heterocycles. The van der Waals surface area contributed by atoms with Gasteiger partial charge in [0, 0.05) is 0 Å². The van der Waals surface area contributed by atoms with Crippen LogP contribution in [0.3, 0.4) is 0 Å². The third kappa shape index (κ3) is 18.2. The van der Waals surface area contributed by atoms with E-state index in [1.54, 1.807) is 0 Å². The maximum Gasteiger partial charge on any atom is -0.0265 e. The summed E-state index contributed by atoms with van der Waals surface area (Å²) in [7, 11) is 0. The van der Waals surface area contributed by atoms with Crippen LogP contribution >= 0.6 is 0 Å². The van der Waals surface area contributed by atoms with Crippen LogP contribution in [0.4, 0.5) is 0 Å². The van der Waals surface area contributed by atoms with Crippen molar-refractivity contribution in [2.24, 2.45) is 5.92 Å². The molecule has 0 heteroatoms. The lowest BCUT2D eigenvalue weighted by molar-refractivity contribution is 0.606. The monoisotopic (exact) mass is 178 g/mol. The second-order valence-corrected chi connectivity index (χ2v) is 3.31. The molecule has 13 heavy (non-hydrogen) atoms. The van der Waals surface area contributed by atoms with Crippen molar-refractivity contribution in [1.29, 1.82) is 0 Å². The number of hydrogen-bond donors (Lipinski definition) is 0. The van der Waals surface area contributed by atoms with Crippen LogP contribution in [-0.4, -0.2) is 0 Å². The van der Waals surface area contributed by atoms with Crippen molar-refractivity contribution in [1.82, 2.24) is 0 Å². The molecule has 0 fully saturated rings. The summed E-state index contributed by atoms with van der Waals surface area (Å²) in [4.78, 5) is 0. The summed E-state index contributed by atoms with van der Waals surface area (Å²) >= 11 is 0. The van der Waals surface area contributed by atoms with Gasteiger partial charge in [-0.1, -0.05) is 31.7 Å². The molecule has 1 atom stereocenters. The minimum absolute atomic E-state index is 0.666. The summed E-state index contributed by atoms with van der Waals surface area (Å²) in [6.45, 7) is 18.1. The van der Waals surface area contributed by atoms with Crippen molar-refractivity contribution in [3.8, 4) is 0 Å². The normalized spacial score (nSPS) is 10.3. The maximum absolute atomic E-state index is 3.85. The third-order valence-corrected chi connectivity index (χ3v) is 1.67. The van der Waals surface area contributed by atoms with Gasteiger partial charge < -0.3 is 0 Å². The van der Waals surface area contributed by atoms with Gasteiger partial charge in [-0.15, -0.1) is 18.9 Å². The van der Waals surface area contributed by atoms with Crippen molar-refractivity contribution in [2.45, 2.75) is 33.1 Å². The van der Waals surface area contributed by atoms with Crippen molar-refractivity contribution in [3.63, 3.8) is 0 Å². The predicted octanol–water partition coefficient (Wildman–Crippen LogP) is 4.51. The van der Waals surface area contributed by atoms with Gasteiger partial charge in [-0.3, -0.25) is 0 Å². The van der Waals surface area contributed by atoms with E-state index in [2.05, 4.69) is 45.9 Å². The Morgan fingerprint density at radius 3 is 2.23 bits per heavy atom. The Kier molecular flexibility index (Phi) is 12.3. The SMILES string of the molecule is C=C=C.C=CC(C)CCCC(=C)C. The Balaban J connectivity index is 0. The van der Waals surface area contributed by atoms with Crippen LogP contribution in [0.2, 0.25) is 0 Å². The van der Waals surface area contributed by atoms with Crippen LogP contribution in [0.15, 0.2) is 43.7 Å². The molecule has 0 heterocycles. The highest BCUT2D eigenvalue weighted by Gasteiger charge is 1.94. The highest BCUT2D eigenvalue weighted by atomic mass is 14.0.